The van der Waals surface area contributed by atoms with Gasteiger partial charge in [0.05, 0.1) is 11.6 Å². The van der Waals surface area contributed by atoms with Crippen LogP contribution in [0, 0.1) is 11.3 Å². The standard InChI is InChI=1S/C22H22N4O2/c23-15-19-8-2-1-7-18(19)10-11-21(27)24-16-17-6-5-9-20(14-17)25-22(28)26-12-3-4-13-26/h1-2,5-11,14H,3-4,12-13,16H2,(H,24,27)(H,25,28)/b11-10+. The molecule has 1 heterocycles. The summed E-state index contributed by atoms with van der Waals surface area (Å²) < 4.78 is 0. The van der Waals surface area contributed by atoms with Crippen LogP contribution in [0.1, 0.15) is 29.5 Å². The fourth-order valence-corrected chi connectivity index (χ4v) is 3.04. The van der Waals surface area contributed by atoms with Crippen molar-refractivity contribution in [3.8, 4) is 6.07 Å². The van der Waals surface area contributed by atoms with Crippen LogP contribution in [0.25, 0.3) is 6.08 Å². The molecule has 2 N–H and O–H groups in total. The van der Waals surface area contributed by atoms with E-state index < -0.39 is 0 Å². The molecule has 1 saturated heterocycles. The topological polar surface area (TPSA) is 85.2 Å². The molecule has 0 aromatic heterocycles. The molecular formula is C22H22N4O2. The highest BCUT2D eigenvalue weighted by Gasteiger charge is 2.17. The maximum absolute atomic E-state index is 12.2. The fraction of sp³-hybridized carbons (Fsp3) is 0.227. The van der Waals surface area contributed by atoms with E-state index in [0.717, 1.165) is 31.5 Å². The third kappa shape index (κ3) is 5.21. The van der Waals surface area contributed by atoms with Crippen molar-refractivity contribution in [2.24, 2.45) is 0 Å². The molecule has 2 aromatic carbocycles. The zero-order valence-electron chi connectivity index (χ0n) is 15.5. The molecule has 0 spiro atoms. The average Bonchev–Trinajstić information content (AvgIpc) is 3.26. The van der Waals surface area contributed by atoms with Gasteiger partial charge in [-0.1, -0.05) is 30.3 Å². The number of carbonyl (C=O) groups is 2. The average molecular weight is 374 g/mol. The fourth-order valence-electron chi connectivity index (χ4n) is 3.04. The summed E-state index contributed by atoms with van der Waals surface area (Å²) in [5.41, 5.74) is 2.82. The first kappa shape index (κ1) is 19.2. The van der Waals surface area contributed by atoms with Crippen LogP contribution in [-0.2, 0) is 11.3 Å². The van der Waals surface area contributed by atoms with Gasteiger partial charge in [-0.3, -0.25) is 4.79 Å². The number of amides is 3. The number of hydrogen-bond donors (Lipinski definition) is 2. The van der Waals surface area contributed by atoms with E-state index in [-0.39, 0.29) is 11.9 Å². The molecule has 3 rings (SSSR count). The van der Waals surface area contributed by atoms with Crippen molar-refractivity contribution in [1.82, 2.24) is 10.2 Å². The maximum atomic E-state index is 12.2. The molecule has 0 bridgehead atoms. The highest BCUT2D eigenvalue weighted by atomic mass is 16.2. The lowest BCUT2D eigenvalue weighted by Gasteiger charge is -2.16. The maximum Gasteiger partial charge on any atom is 0.321 e. The Labute approximate surface area is 164 Å². The van der Waals surface area contributed by atoms with Crippen molar-refractivity contribution >= 4 is 23.7 Å². The number of anilines is 1. The third-order valence-corrected chi connectivity index (χ3v) is 4.53. The van der Waals surface area contributed by atoms with Crippen LogP contribution in [0.4, 0.5) is 10.5 Å². The Bertz CT molecular complexity index is 924. The molecule has 3 amide bonds. The van der Waals surface area contributed by atoms with Gasteiger partial charge in [0, 0.05) is 31.4 Å². The molecule has 0 unspecified atom stereocenters. The van der Waals surface area contributed by atoms with Crippen molar-refractivity contribution in [1.29, 1.82) is 5.26 Å². The van der Waals surface area contributed by atoms with Gasteiger partial charge in [-0.05, 0) is 48.2 Å². The SMILES string of the molecule is N#Cc1ccccc1/C=C/C(=O)NCc1cccc(NC(=O)N2CCCC2)c1. The Balaban J connectivity index is 1.54. The van der Waals surface area contributed by atoms with Gasteiger partial charge in [0.2, 0.25) is 5.91 Å². The van der Waals surface area contributed by atoms with E-state index in [9.17, 15) is 9.59 Å². The monoisotopic (exact) mass is 374 g/mol. The molecule has 2 aromatic rings. The van der Waals surface area contributed by atoms with Crippen LogP contribution >= 0.6 is 0 Å². The second-order valence-electron chi connectivity index (χ2n) is 6.57. The summed E-state index contributed by atoms with van der Waals surface area (Å²) in [7, 11) is 0. The quantitative estimate of drug-likeness (QED) is 0.785. The van der Waals surface area contributed by atoms with Crippen LogP contribution in [0.3, 0.4) is 0 Å². The molecule has 1 aliphatic heterocycles. The van der Waals surface area contributed by atoms with Crippen LogP contribution in [0.5, 0.6) is 0 Å². The number of benzene rings is 2. The van der Waals surface area contributed by atoms with Gasteiger partial charge in [-0.25, -0.2) is 4.79 Å². The number of hydrogen-bond acceptors (Lipinski definition) is 3. The normalized spacial score (nSPS) is 13.3. The summed E-state index contributed by atoms with van der Waals surface area (Å²) in [6, 6.07) is 16.5. The second-order valence-corrected chi connectivity index (χ2v) is 6.57. The van der Waals surface area contributed by atoms with Gasteiger partial charge < -0.3 is 15.5 Å². The van der Waals surface area contributed by atoms with Crippen molar-refractivity contribution in [3.63, 3.8) is 0 Å². The number of carbonyl (C=O) groups excluding carboxylic acids is 2. The smallest absolute Gasteiger partial charge is 0.321 e. The highest BCUT2D eigenvalue weighted by Crippen LogP contribution is 2.14. The molecule has 1 aliphatic rings. The van der Waals surface area contributed by atoms with Crippen molar-refractivity contribution in [2.75, 3.05) is 18.4 Å². The molecule has 0 saturated carbocycles. The molecule has 142 valence electrons. The molecule has 0 aliphatic carbocycles. The van der Waals surface area contributed by atoms with Gasteiger partial charge >= 0.3 is 6.03 Å². The summed E-state index contributed by atoms with van der Waals surface area (Å²) >= 11 is 0. The summed E-state index contributed by atoms with van der Waals surface area (Å²) in [5, 5.41) is 14.8. The van der Waals surface area contributed by atoms with Crippen molar-refractivity contribution in [3.05, 3.63) is 71.3 Å². The summed E-state index contributed by atoms with van der Waals surface area (Å²) in [5.74, 6) is -0.251. The van der Waals surface area contributed by atoms with Crippen molar-refractivity contribution in [2.45, 2.75) is 19.4 Å². The Hall–Kier alpha value is -3.59. The number of nitriles is 1. The predicted octanol–water partition coefficient (Wildman–Crippen LogP) is 3.52. The van der Waals surface area contributed by atoms with Crippen LogP contribution in [0.15, 0.2) is 54.6 Å². The minimum absolute atomic E-state index is 0.0854. The summed E-state index contributed by atoms with van der Waals surface area (Å²) in [6.45, 7) is 1.93. The van der Waals surface area contributed by atoms with Gasteiger partial charge in [-0.2, -0.15) is 5.26 Å². The van der Waals surface area contributed by atoms with E-state index in [0.29, 0.717) is 23.4 Å². The first-order valence-corrected chi connectivity index (χ1v) is 9.25. The Morgan fingerprint density at radius 2 is 1.89 bits per heavy atom. The van der Waals surface area contributed by atoms with E-state index >= 15 is 0 Å². The molecule has 0 radical (unpaired) electrons. The number of likely N-dealkylation sites (tertiary alicyclic amines) is 1. The molecule has 28 heavy (non-hydrogen) atoms. The van der Waals surface area contributed by atoms with E-state index in [1.807, 2.05) is 30.3 Å². The molecule has 1 fully saturated rings. The van der Waals surface area contributed by atoms with Gasteiger partial charge in [0.1, 0.15) is 0 Å². The number of rotatable bonds is 5. The molecular weight excluding hydrogens is 352 g/mol. The lowest BCUT2D eigenvalue weighted by molar-refractivity contribution is -0.116. The largest absolute Gasteiger partial charge is 0.348 e. The minimum atomic E-state index is -0.251. The minimum Gasteiger partial charge on any atom is -0.348 e. The Morgan fingerprint density at radius 1 is 1.11 bits per heavy atom. The second kappa shape index (κ2) is 9.38. The zero-order valence-corrected chi connectivity index (χ0v) is 15.5. The first-order valence-electron chi connectivity index (χ1n) is 9.25. The first-order chi connectivity index (χ1) is 13.7. The Kier molecular flexibility index (Phi) is 6.42. The summed E-state index contributed by atoms with van der Waals surface area (Å²) in [6.07, 6.45) is 5.13. The lowest BCUT2D eigenvalue weighted by Crippen LogP contribution is -2.32. The number of nitrogens with one attached hydrogen (secondary N) is 2. The third-order valence-electron chi connectivity index (χ3n) is 4.53. The van der Waals surface area contributed by atoms with Gasteiger partial charge in [0.15, 0.2) is 0 Å². The number of nitrogens with zero attached hydrogens (tertiary/aromatic N) is 2. The van der Waals surface area contributed by atoms with E-state index in [4.69, 9.17) is 5.26 Å². The van der Waals surface area contributed by atoms with E-state index in [1.165, 1.54) is 6.08 Å². The van der Waals surface area contributed by atoms with Gasteiger partial charge in [0.25, 0.3) is 0 Å². The number of urea groups is 1. The van der Waals surface area contributed by atoms with Crippen LogP contribution in [0.2, 0.25) is 0 Å². The zero-order chi connectivity index (χ0) is 19.8. The Morgan fingerprint density at radius 3 is 2.68 bits per heavy atom. The lowest BCUT2D eigenvalue weighted by atomic mass is 10.1. The van der Waals surface area contributed by atoms with Gasteiger partial charge in [-0.15, -0.1) is 0 Å². The van der Waals surface area contributed by atoms with Crippen molar-refractivity contribution < 1.29 is 9.59 Å². The van der Waals surface area contributed by atoms with E-state index in [1.54, 1.807) is 29.2 Å². The molecule has 6 heteroatoms. The molecule has 0 atom stereocenters. The summed E-state index contributed by atoms with van der Waals surface area (Å²) in [4.78, 5) is 26.0. The molecule has 6 nitrogen and oxygen atoms in total. The predicted molar refractivity (Wildman–Crippen MR) is 108 cm³/mol. The van der Waals surface area contributed by atoms with E-state index in [2.05, 4.69) is 16.7 Å². The highest BCUT2D eigenvalue weighted by molar-refractivity contribution is 5.92. The van der Waals surface area contributed by atoms with Crippen LogP contribution < -0.4 is 10.6 Å². The van der Waals surface area contributed by atoms with Crippen LogP contribution in [-0.4, -0.2) is 29.9 Å².